The molecule has 1 aromatic rings. The van der Waals surface area contributed by atoms with Gasteiger partial charge in [-0.25, -0.2) is 0 Å². The van der Waals surface area contributed by atoms with Crippen LogP contribution in [0.1, 0.15) is 24.3 Å². The first-order chi connectivity index (χ1) is 6.59. The van der Waals surface area contributed by atoms with Crippen molar-refractivity contribution in [3.05, 3.63) is 21.9 Å². The summed E-state index contributed by atoms with van der Waals surface area (Å²) in [6.07, 6.45) is 0. The molecule has 1 saturated heterocycles. The lowest BCUT2D eigenvalue weighted by molar-refractivity contribution is 0.436. The number of rotatable bonds is 3. The van der Waals surface area contributed by atoms with Crippen molar-refractivity contribution >= 4 is 23.1 Å². The summed E-state index contributed by atoms with van der Waals surface area (Å²) in [7, 11) is 0. The van der Waals surface area contributed by atoms with Gasteiger partial charge in [0, 0.05) is 28.0 Å². The molecule has 3 heteroatoms. The Morgan fingerprint density at radius 1 is 1.57 bits per heavy atom. The van der Waals surface area contributed by atoms with Crippen molar-refractivity contribution in [3.63, 3.8) is 0 Å². The molecule has 0 amide bonds. The van der Waals surface area contributed by atoms with Gasteiger partial charge in [-0.05, 0) is 37.8 Å². The zero-order chi connectivity index (χ0) is 10.2. The van der Waals surface area contributed by atoms with Gasteiger partial charge in [0.15, 0.2) is 0 Å². The molecule has 1 unspecified atom stereocenters. The largest absolute Gasteiger partial charge is 0.308 e. The van der Waals surface area contributed by atoms with Crippen molar-refractivity contribution < 1.29 is 0 Å². The van der Waals surface area contributed by atoms with Crippen LogP contribution in [-0.4, -0.2) is 16.5 Å². The van der Waals surface area contributed by atoms with Crippen LogP contribution >= 0.6 is 23.1 Å². The van der Waals surface area contributed by atoms with Gasteiger partial charge in [0.1, 0.15) is 0 Å². The number of nitrogens with one attached hydrogen (secondary N) is 1. The average molecular weight is 227 g/mol. The second-order valence-corrected chi connectivity index (χ2v) is 7.14. The first-order valence-corrected chi connectivity index (χ1v) is 6.86. The molecule has 2 rings (SSSR count). The van der Waals surface area contributed by atoms with Gasteiger partial charge in [0.2, 0.25) is 0 Å². The smallest absolute Gasteiger partial charge is 0.0303 e. The molecule has 2 heterocycles. The maximum Gasteiger partial charge on any atom is 0.0303 e. The van der Waals surface area contributed by atoms with E-state index in [0.29, 0.717) is 10.8 Å². The molecule has 1 N–H and O–H groups in total. The summed E-state index contributed by atoms with van der Waals surface area (Å²) < 4.78 is 0.434. The van der Waals surface area contributed by atoms with E-state index in [1.807, 2.05) is 11.3 Å². The highest BCUT2D eigenvalue weighted by atomic mass is 32.2. The van der Waals surface area contributed by atoms with E-state index in [2.05, 4.69) is 49.3 Å². The lowest BCUT2D eigenvalue weighted by atomic mass is 10.0. The van der Waals surface area contributed by atoms with Gasteiger partial charge in [0.05, 0.1) is 0 Å². The molecule has 0 spiro atoms. The minimum absolute atomic E-state index is 0.434. The van der Waals surface area contributed by atoms with Crippen LogP contribution in [0.15, 0.2) is 11.4 Å². The summed E-state index contributed by atoms with van der Waals surface area (Å²) in [6.45, 7) is 7.87. The van der Waals surface area contributed by atoms with Gasteiger partial charge in [0.25, 0.3) is 0 Å². The van der Waals surface area contributed by atoms with Crippen LogP contribution in [0.2, 0.25) is 0 Å². The van der Waals surface area contributed by atoms with Crippen LogP contribution in [0.25, 0.3) is 0 Å². The number of hydrogen-bond donors (Lipinski definition) is 1. The summed E-state index contributed by atoms with van der Waals surface area (Å²) >= 11 is 3.89. The predicted octanol–water partition coefficient (Wildman–Crippen LogP) is 3.04. The van der Waals surface area contributed by atoms with Gasteiger partial charge in [-0.15, -0.1) is 11.3 Å². The Hall–Kier alpha value is 0.01000. The molecule has 0 aliphatic carbocycles. The van der Waals surface area contributed by atoms with Crippen molar-refractivity contribution in [1.82, 2.24) is 5.32 Å². The van der Waals surface area contributed by atoms with E-state index >= 15 is 0 Å². The minimum atomic E-state index is 0.434. The maximum absolute atomic E-state index is 3.64. The van der Waals surface area contributed by atoms with E-state index in [-0.39, 0.29) is 0 Å². The van der Waals surface area contributed by atoms with E-state index in [4.69, 9.17) is 0 Å². The average Bonchev–Trinajstić information content (AvgIpc) is 2.50. The number of thioether (sulfide) groups is 1. The zero-order valence-electron chi connectivity index (χ0n) is 8.96. The summed E-state index contributed by atoms with van der Waals surface area (Å²) in [5.41, 5.74) is 1.46. The van der Waals surface area contributed by atoms with E-state index in [1.165, 1.54) is 16.2 Å². The standard InChI is InChI=1S/C11H17NS2/c1-8-9(4-5-13-8)6-12-10-7-14-11(10,2)3/h4-5,10,12H,6-7H2,1-3H3. The predicted molar refractivity (Wildman–Crippen MR) is 66.2 cm³/mol. The minimum Gasteiger partial charge on any atom is -0.308 e. The Labute approximate surface area is 94.3 Å². The molecule has 1 aromatic heterocycles. The van der Waals surface area contributed by atoms with Crippen molar-refractivity contribution in [2.45, 2.75) is 38.1 Å². The Bertz CT molecular complexity index is 317. The molecule has 0 bridgehead atoms. The van der Waals surface area contributed by atoms with E-state index in [1.54, 1.807) is 0 Å². The second-order valence-electron chi connectivity index (χ2n) is 4.35. The van der Waals surface area contributed by atoms with Crippen molar-refractivity contribution in [2.75, 3.05) is 5.75 Å². The van der Waals surface area contributed by atoms with E-state index in [0.717, 1.165) is 6.54 Å². The zero-order valence-corrected chi connectivity index (χ0v) is 10.6. The van der Waals surface area contributed by atoms with E-state index in [9.17, 15) is 0 Å². The molecule has 1 fully saturated rings. The highest BCUT2D eigenvalue weighted by Gasteiger charge is 2.38. The Balaban J connectivity index is 1.87. The van der Waals surface area contributed by atoms with Crippen molar-refractivity contribution in [3.8, 4) is 0 Å². The molecular formula is C11H17NS2. The van der Waals surface area contributed by atoms with Gasteiger partial charge in [-0.1, -0.05) is 0 Å². The molecule has 1 aliphatic heterocycles. The Kier molecular flexibility index (Phi) is 2.91. The molecular weight excluding hydrogens is 210 g/mol. The number of thiophene rings is 1. The lowest BCUT2D eigenvalue weighted by Crippen LogP contribution is -2.54. The summed E-state index contributed by atoms with van der Waals surface area (Å²) in [5, 5.41) is 5.81. The molecule has 1 atom stereocenters. The third kappa shape index (κ3) is 2.00. The van der Waals surface area contributed by atoms with Crippen LogP contribution < -0.4 is 5.32 Å². The number of aryl methyl sites for hydroxylation is 1. The molecule has 1 aliphatic rings. The first kappa shape index (κ1) is 10.5. The van der Waals surface area contributed by atoms with Gasteiger partial charge < -0.3 is 5.32 Å². The Morgan fingerprint density at radius 2 is 2.36 bits per heavy atom. The van der Waals surface area contributed by atoms with E-state index < -0.39 is 0 Å². The van der Waals surface area contributed by atoms with Gasteiger partial charge in [-0.2, -0.15) is 11.8 Å². The highest BCUT2D eigenvalue weighted by molar-refractivity contribution is 8.02. The molecule has 0 aromatic carbocycles. The molecule has 1 nitrogen and oxygen atoms in total. The monoisotopic (exact) mass is 227 g/mol. The fourth-order valence-corrected chi connectivity index (χ4v) is 3.56. The van der Waals surface area contributed by atoms with Crippen LogP contribution in [0.3, 0.4) is 0 Å². The fourth-order valence-electron chi connectivity index (χ4n) is 1.63. The van der Waals surface area contributed by atoms with Gasteiger partial charge in [-0.3, -0.25) is 0 Å². The second kappa shape index (κ2) is 3.87. The SMILES string of the molecule is Cc1sccc1CNC1CSC1(C)C. The molecule has 0 saturated carbocycles. The summed E-state index contributed by atoms with van der Waals surface area (Å²) in [5.74, 6) is 1.26. The lowest BCUT2D eigenvalue weighted by Gasteiger charge is -2.44. The maximum atomic E-state index is 3.64. The topological polar surface area (TPSA) is 12.0 Å². The van der Waals surface area contributed by atoms with Crippen LogP contribution in [0.5, 0.6) is 0 Å². The molecule has 78 valence electrons. The molecule has 0 radical (unpaired) electrons. The van der Waals surface area contributed by atoms with Crippen LogP contribution in [-0.2, 0) is 6.54 Å². The highest BCUT2D eigenvalue weighted by Crippen LogP contribution is 2.40. The third-order valence-corrected chi connectivity index (χ3v) is 5.38. The van der Waals surface area contributed by atoms with Gasteiger partial charge >= 0.3 is 0 Å². The Morgan fingerprint density at radius 3 is 2.79 bits per heavy atom. The first-order valence-electron chi connectivity index (χ1n) is 5.00. The van der Waals surface area contributed by atoms with Crippen LogP contribution in [0.4, 0.5) is 0 Å². The fraction of sp³-hybridized carbons (Fsp3) is 0.636. The quantitative estimate of drug-likeness (QED) is 0.852. The number of hydrogen-bond acceptors (Lipinski definition) is 3. The van der Waals surface area contributed by atoms with Crippen molar-refractivity contribution in [1.29, 1.82) is 0 Å². The third-order valence-electron chi connectivity index (χ3n) is 2.97. The van der Waals surface area contributed by atoms with Crippen LogP contribution in [0, 0.1) is 6.92 Å². The summed E-state index contributed by atoms with van der Waals surface area (Å²) in [4.78, 5) is 1.45. The summed E-state index contributed by atoms with van der Waals surface area (Å²) in [6, 6.07) is 2.91. The van der Waals surface area contributed by atoms with Crippen molar-refractivity contribution in [2.24, 2.45) is 0 Å². The molecule has 14 heavy (non-hydrogen) atoms. The normalized spacial score (nSPS) is 24.6.